The summed E-state index contributed by atoms with van der Waals surface area (Å²) in [6.07, 6.45) is 3.59. The largest absolute Gasteiger partial charge is 0.480 e. The first-order valence-electron chi connectivity index (χ1n) is 7.84. The topological polar surface area (TPSA) is 99.6 Å². The van der Waals surface area contributed by atoms with Gasteiger partial charge in [0.15, 0.2) is 0 Å². The lowest BCUT2D eigenvalue weighted by Crippen LogP contribution is -2.38. The van der Waals surface area contributed by atoms with E-state index in [9.17, 15) is 14.4 Å². The van der Waals surface area contributed by atoms with Crippen molar-refractivity contribution in [1.82, 2.24) is 15.2 Å². The van der Waals surface area contributed by atoms with E-state index in [1.165, 1.54) is 18.7 Å². The molecule has 1 aromatic rings. The SMILES string of the molecule is CC(NC(=O)c1cccnc1SC(C)C(=O)N1CCCC1)C(=O)O. The van der Waals surface area contributed by atoms with Crippen LogP contribution in [0.1, 0.15) is 37.0 Å². The maximum Gasteiger partial charge on any atom is 0.325 e. The van der Waals surface area contributed by atoms with Crippen molar-refractivity contribution in [3.05, 3.63) is 23.9 Å². The van der Waals surface area contributed by atoms with E-state index in [0.29, 0.717) is 5.03 Å². The van der Waals surface area contributed by atoms with Crippen LogP contribution < -0.4 is 5.32 Å². The van der Waals surface area contributed by atoms with E-state index >= 15 is 0 Å². The van der Waals surface area contributed by atoms with Gasteiger partial charge in [0, 0.05) is 19.3 Å². The molecule has 1 aromatic heterocycles. The predicted molar refractivity (Wildman–Crippen MR) is 89.9 cm³/mol. The Balaban J connectivity index is 2.09. The Morgan fingerprint density at radius 2 is 1.96 bits per heavy atom. The third-order valence-electron chi connectivity index (χ3n) is 3.79. The molecule has 2 unspecified atom stereocenters. The third-order valence-corrected chi connectivity index (χ3v) is 4.89. The molecular weight excluding hydrogens is 330 g/mol. The molecule has 1 saturated heterocycles. The van der Waals surface area contributed by atoms with Crippen LogP contribution in [0.25, 0.3) is 0 Å². The molecule has 8 heteroatoms. The van der Waals surface area contributed by atoms with Crippen LogP contribution in [-0.2, 0) is 9.59 Å². The van der Waals surface area contributed by atoms with Gasteiger partial charge in [0.05, 0.1) is 10.8 Å². The third kappa shape index (κ3) is 4.47. The predicted octanol–water partition coefficient (Wildman–Crippen LogP) is 1.39. The van der Waals surface area contributed by atoms with Crippen LogP contribution >= 0.6 is 11.8 Å². The lowest BCUT2D eigenvalue weighted by atomic mass is 10.2. The second-order valence-corrected chi connectivity index (χ2v) is 7.01. The van der Waals surface area contributed by atoms with Gasteiger partial charge in [-0.1, -0.05) is 11.8 Å². The number of aromatic nitrogens is 1. The number of carbonyl (C=O) groups is 3. The summed E-state index contributed by atoms with van der Waals surface area (Å²) >= 11 is 1.22. The quantitative estimate of drug-likeness (QED) is 0.751. The van der Waals surface area contributed by atoms with E-state index in [0.717, 1.165) is 25.9 Å². The summed E-state index contributed by atoms with van der Waals surface area (Å²) in [6.45, 7) is 4.73. The highest BCUT2D eigenvalue weighted by atomic mass is 32.2. The number of likely N-dealkylation sites (tertiary alicyclic amines) is 1. The lowest BCUT2D eigenvalue weighted by molar-refractivity contribution is -0.138. The van der Waals surface area contributed by atoms with E-state index in [1.54, 1.807) is 25.3 Å². The molecule has 0 saturated carbocycles. The monoisotopic (exact) mass is 351 g/mol. The number of thioether (sulfide) groups is 1. The van der Waals surface area contributed by atoms with Crippen LogP contribution in [0.15, 0.2) is 23.4 Å². The summed E-state index contributed by atoms with van der Waals surface area (Å²) in [7, 11) is 0. The molecule has 0 aliphatic carbocycles. The average Bonchev–Trinajstić information content (AvgIpc) is 3.08. The molecule has 0 bridgehead atoms. The van der Waals surface area contributed by atoms with Crippen molar-refractivity contribution in [2.45, 2.75) is 43.0 Å². The second kappa shape index (κ2) is 8.14. The maximum atomic E-state index is 12.4. The van der Waals surface area contributed by atoms with Crippen molar-refractivity contribution in [3.8, 4) is 0 Å². The standard InChI is InChI=1S/C16H21N3O4S/c1-10(16(22)23)18-13(20)12-6-5-7-17-14(12)24-11(2)15(21)19-8-3-4-9-19/h5-7,10-11H,3-4,8-9H2,1-2H3,(H,18,20)(H,22,23). The number of hydrogen-bond donors (Lipinski definition) is 2. The fourth-order valence-electron chi connectivity index (χ4n) is 2.41. The minimum atomic E-state index is -1.11. The summed E-state index contributed by atoms with van der Waals surface area (Å²) in [5, 5.41) is 11.4. The Hall–Kier alpha value is -2.09. The number of carbonyl (C=O) groups excluding carboxylic acids is 2. The first-order chi connectivity index (χ1) is 11.4. The van der Waals surface area contributed by atoms with Crippen molar-refractivity contribution in [1.29, 1.82) is 0 Å². The van der Waals surface area contributed by atoms with Crippen molar-refractivity contribution in [3.63, 3.8) is 0 Å². The Morgan fingerprint density at radius 3 is 2.58 bits per heavy atom. The molecule has 1 aliphatic rings. The van der Waals surface area contributed by atoms with Crippen LogP contribution in [0, 0.1) is 0 Å². The average molecular weight is 351 g/mol. The number of aliphatic carboxylic acids is 1. The Bertz CT molecular complexity index is 632. The molecular formula is C16H21N3O4S. The van der Waals surface area contributed by atoms with Crippen LogP contribution in [0.3, 0.4) is 0 Å². The van der Waals surface area contributed by atoms with Gasteiger partial charge in [-0.25, -0.2) is 4.98 Å². The van der Waals surface area contributed by atoms with Gasteiger partial charge in [0.1, 0.15) is 11.1 Å². The number of amides is 2. The van der Waals surface area contributed by atoms with E-state index in [4.69, 9.17) is 5.11 Å². The van der Waals surface area contributed by atoms with E-state index in [-0.39, 0.29) is 16.7 Å². The zero-order chi connectivity index (χ0) is 17.7. The van der Waals surface area contributed by atoms with Gasteiger partial charge >= 0.3 is 5.97 Å². The first-order valence-corrected chi connectivity index (χ1v) is 8.72. The van der Waals surface area contributed by atoms with Crippen LogP contribution in [0.2, 0.25) is 0 Å². The van der Waals surface area contributed by atoms with Crippen molar-refractivity contribution >= 4 is 29.5 Å². The van der Waals surface area contributed by atoms with Crippen molar-refractivity contribution in [2.24, 2.45) is 0 Å². The summed E-state index contributed by atoms with van der Waals surface area (Å²) in [5.74, 6) is -1.59. The second-order valence-electron chi connectivity index (χ2n) is 5.68. The number of pyridine rings is 1. The van der Waals surface area contributed by atoms with E-state index < -0.39 is 17.9 Å². The molecule has 7 nitrogen and oxygen atoms in total. The van der Waals surface area contributed by atoms with E-state index in [1.807, 2.05) is 4.90 Å². The normalized spacial score (nSPS) is 16.5. The van der Waals surface area contributed by atoms with Crippen molar-refractivity contribution < 1.29 is 19.5 Å². The molecule has 1 aliphatic heterocycles. The minimum Gasteiger partial charge on any atom is -0.480 e. The number of hydrogen-bond acceptors (Lipinski definition) is 5. The number of nitrogens with one attached hydrogen (secondary N) is 1. The molecule has 0 aromatic carbocycles. The fraction of sp³-hybridized carbons (Fsp3) is 0.500. The van der Waals surface area contributed by atoms with Crippen LogP contribution in [0.5, 0.6) is 0 Å². The highest BCUT2D eigenvalue weighted by Crippen LogP contribution is 2.26. The van der Waals surface area contributed by atoms with Crippen LogP contribution in [0.4, 0.5) is 0 Å². The first kappa shape index (κ1) is 18.3. The summed E-state index contributed by atoms with van der Waals surface area (Å²) in [6, 6.07) is 2.18. The number of carboxylic acid groups (broad SMARTS) is 1. The maximum absolute atomic E-state index is 12.4. The molecule has 2 heterocycles. The number of carboxylic acids is 1. The molecule has 2 amide bonds. The van der Waals surface area contributed by atoms with Gasteiger partial charge in [0.2, 0.25) is 5.91 Å². The fourth-order valence-corrected chi connectivity index (χ4v) is 3.40. The lowest BCUT2D eigenvalue weighted by Gasteiger charge is -2.20. The van der Waals surface area contributed by atoms with Crippen LogP contribution in [-0.4, -0.2) is 57.2 Å². The summed E-state index contributed by atoms with van der Waals surface area (Å²) in [5.41, 5.74) is 0.275. The van der Waals surface area contributed by atoms with Gasteiger partial charge in [-0.15, -0.1) is 0 Å². The molecule has 2 rings (SSSR count). The van der Waals surface area contributed by atoms with Crippen molar-refractivity contribution in [2.75, 3.05) is 13.1 Å². The minimum absolute atomic E-state index is 0.0356. The molecule has 1 fully saturated rings. The molecule has 0 spiro atoms. The highest BCUT2D eigenvalue weighted by molar-refractivity contribution is 8.00. The summed E-state index contributed by atoms with van der Waals surface area (Å²) < 4.78 is 0. The van der Waals surface area contributed by atoms with Gasteiger partial charge < -0.3 is 15.3 Å². The molecule has 24 heavy (non-hydrogen) atoms. The Labute approximate surface area is 144 Å². The van der Waals surface area contributed by atoms with Gasteiger partial charge in [-0.05, 0) is 38.8 Å². The number of rotatable bonds is 6. The zero-order valence-electron chi connectivity index (χ0n) is 13.7. The van der Waals surface area contributed by atoms with E-state index in [2.05, 4.69) is 10.3 Å². The Kier molecular flexibility index (Phi) is 6.19. The Morgan fingerprint density at radius 1 is 1.29 bits per heavy atom. The molecule has 2 N–H and O–H groups in total. The highest BCUT2D eigenvalue weighted by Gasteiger charge is 2.26. The smallest absolute Gasteiger partial charge is 0.325 e. The molecule has 0 radical (unpaired) electrons. The van der Waals surface area contributed by atoms with Gasteiger partial charge in [-0.3, -0.25) is 14.4 Å². The zero-order valence-corrected chi connectivity index (χ0v) is 14.5. The number of nitrogens with zero attached hydrogens (tertiary/aromatic N) is 2. The van der Waals surface area contributed by atoms with Gasteiger partial charge in [0.25, 0.3) is 5.91 Å². The van der Waals surface area contributed by atoms with Gasteiger partial charge in [-0.2, -0.15) is 0 Å². The summed E-state index contributed by atoms with van der Waals surface area (Å²) in [4.78, 5) is 41.6. The molecule has 2 atom stereocenters. The molecule has 130 valence electrons.